The number of anilines is 1. The van der Waals surface area contributed by atoms with Crippen molar-refractivity contribution in [2.24, 2.45) is 0 Å². The van der Waals surface area contributed by atoms with E-state index in [0.29, 0.717) is 36.0 Å². The van der Waals surface area contributed by atoms with Crippen LogP contribution in [0.15, 0.2) is 61.1 Å². The van der Waals surface area contributed by atoms with Crippen molar-refractivity contribution < 1.29 is 9.59 Å². The summed E-state index contributed by atoms with van der Waals surface area (Å²) in [5.41, 5.74) is 2.99. The van der Waals surface area contributed by atoms with Crippen LogP contribution in [0.25, 0.3) is 11.1 Å². The van der Waals surface area contributed by atoms with Crippen LogP contribution in [0.4, 0.5) is 5.82 Å². The Bertz CT molecular complexity index is 1010. The van der Waals surface area contributed by atoms with Crippen LogP contribution < -0.4 is 16.0 Å². The third-order valence-corrected chi connectivity index (χ3v) is 4.71. The predicted octanol–water partition coefficient (Wildman–Crippen LogP) is 3.28. The topological polar surface area (TPSA) is 96.0 Å². The first-order chi connectivity index (χ1) is 14.5. The molecule has 2 aromatic heterocycles. The summed E-state index contributed by atoms with van der Waals surface area (Å²) < 4.78 is 0. The van der Waals surface area contributed by atoms with E-state index in [0.717, 1.165) is 16.7 Å². The number of benzene rings is 1. The molecule has 0 spiro atoms. The Morgan fingerprint density at radius 2 is 1.83 bits per heavy atom. The first-order valence-electron chi connectivity index (χ1n) is 9.45. The number of hydrogen-bond donors (Lipinski definition) is 3. The number of pyridine rings is 2. The van der Waals surface area contributed by atoms with Gasteiger partial charge in [0.05, 0.1) is 10.6 Å². The fourth-order valence-electron chi connectivity index (χ4n) is 2.81. The fraction of sp³-hybridized carbons (Fsp3) is 0.182. The highest BCUT2D eigenvalue weighted by Gasteiger charge is 2.15. The number of aromatic nitrogens is 2. The van der Waals surface area contributed by atoms with E-state index in [2.05, 4.69) is 25.9 Å². The van der Waals surface area contributed by atoms with Crippen molar-refractivity contribution in [3.8, 4) is 11.1 Å². The molecule has 0 saturated carbocycles. The molecule has 0 bridgehead atoms. The van der Waals surface area contributed by atoms with Gasteiger partial charge in [0.1, 0.15) is 5.82 Å². The zero-order valence-electron chi connectivity index (χ0n) is 16.5. The Labute approximate surface area is 179 Å². The lowest BCUT2D eigenvalue weighted by Gasteiger charge is -2.10. The normalized spacial score (nSPS) is 10.5. The molecule has 8 heteroatoms. The Hall–Kier alpha value is -3.29. The third kappa shape index (κ3) is 5.85. The van der Waals surface area contributed by atoms with Gasteiger partial charge in [-0.1, -0.05) is 29.8 Å². The molecule has 7 nitrogen and oxygen atoms in total. The first-order valence-corrected chi connectivity index (χ1v) is 9.83. The molecule has 0 aliphatic heterocycles. The second-order valence-corrected chi connectivity index (χ2v) is 6.95. The van der Waals surface area contributed by atoms with Gasteiger partial charge in [-0.25, -0.2) is 4.98 Å². The molecular weight excluding hydrogens is 402 g/mol. The van der Waals surface area contributed by atoms with Crippen molar-refractivity contribution in [2.45, 2.75) is 13.5 Å². The minimum atomic E-state index is -0.329. The largest absolute Gasteiger partial charge is 0.355 e. The van der Waals surface area contributed by atoms with E-state index in [9.17, 15) is 9.59 Å². The smallest absolute Gasteiger partial charge is 0.258 e. The maximum Gasteiger partial charge on any atom is 0.258 e. The second-order valence-electron chi connectivity index (χ2n) is 6.57. The summed E-state index contributed by atoms with van der Waals surface area (Å²) >= 11 is 6.50. The summed E-state index contributed by atoms with van der Waals surface area (Å²) in [4.78, 5) is 31.8. The number of amides is 2. The Kier molecular flexibility index (Phi) is 7.48. The maximum absolute atomic E-state index is 12.7. The van der Waals surface area contributed by atoms with Gasteiger partial charge in [-0.2, -0.15) is 0 Å². The van der Waals surface area contributed by atoms with Crippen LogP contribution >= 0.6 is 11.6 Å². The predicted molar refractivity (Wildman–Crippen MR) is 117 cm³/mol. The van der Waals surface area contributed by atoms with Crippen LogP contribution in [0.1, 0.15) is 22.8 Å². The van der Waals surface area contributed by atoms with E-state index in [1.54, 1.807) is 36.8 Å². The van der Waals surface area contributed by atoms with E-state index >= 15 is 0 Å². The molecule has 154 valence electrons. The van der Waals surface area contributed by atoms with Crippen LogP contribution in [0, 0.1) is 0 Å². The van der Waals surface area contributed by atoms with E-state index in [-0.39, 0.29) is 11.8 Å². The molecule has 0 unspecified atom stereocenters. The number of nitrogens with zero attached hydrogens (tertiary/aromatic N) is 2. The average molecular weight is 424 g/mol. The SMILES string of the molecule is CC(=O)NCCNCc1ccc(NC(=O)c2cccc(-c3ccncc3)c2Cl)nc1. The molecule has 0 radical (unpaired) electrons. The number of hydrogen-bond acceptors (Lipinski definition) is 5. The van der Waals surface area contributed by atoms with Crippen molar-refractivity contribution in [1.82, 2.24) is 20.6 Å². The third-order valence-electron chi connectivity index (χ3n) is 4.31. The zero-order chi connectivity index (χ0) is 21.3. The molecule has 3 rings (SSSR count). The molecule has 2 heterocycles. The van der Waals surface area contributed by atoms with Gasteiger partial charge in [0.2, 0.25) is 5.91 Å². The number of nitrogens with one attached hydrogen (secondary N) is 3. The highest BCUT2D eigenvalue weighted by Crippen LogP contribution is 2.30. The average Bonchev–Trinajstić information content (AvgIpc) is 2.75. The summed E-state index contributed by atoms with van der Waals surface area (Å²) in [6.07, 6.45) is 5.05. The molecule has 3 N–H and O–H groups in total. The van der Waals surface area contributed by atoms with E-state index in [4.69, 9.17) is 11.6 Å². The molecule has 0 saturated heterocycles. The molecule has 1 aromatic carbocycles. The van der Waals surface area contributed by atoms with Gasteiger partial charge >= 0.3 is 0 Å². The van der Waals surface area contributed by atoms with Gasteiger partial charge in [-0.3, -0.25) is 14.6 Å². The second kappa shape index (κ2) is 10.5. The van der Waals surface area contributed by atoms with Crippen LogP contribution in [0.2, 0.25) is 5.02 Å². The zero-order valence-corrected chi connectivity index (χ0v) is 17.2. The number of carbonyl (C=O) groups is 2. The quantitative estimate of drug-likeness (QED) is 0.483. The number of halogens is 1. The molecule has 30 heavy (non-hydrogen) atoms. The molecule has 0 atom stereocenters. The Balaban J connectivity index is 1.60. The Morgan fingerprint density at radius 1 is 1.03 bits per heavy atom. The maximum atomic E-state index is 12.7. The van der Waals surface area contributed by atoms with Gasteiger partial charge in [0.25, 0.3) is 5.91 Å². The van der Waals surface area contributed by atoms with E-state index < -0.39 is 0 Å². The van der Waals surface area contributed by atoms with E-state index in [1.165, 1.54) is 6.92 Å². The summed E-state index contributed by atoms with van der Waals surface area (Å²) in [6, 6.07) is 12.6. The van der Waals surface area contributed by atoms with Gasteiger partial charge < -0.3 is 16.0 Å². The summed E-state index contributed by atoms with van der Waals surface area (Å²) in [5.74, 6) is 0.0574. The minimum Gasteiger partial charge on any atom is -0.355 e. The highest BCUT2D eigenvalue weighted by atomic mass is 35.5. The monoisotopic (exact) mass is 423 g/mol. The van der Waals surface area contributed by atoms with Crippen LogP contribution in [-0.4, -0.2) is 34.9 Å². The van der Waals surface area contributed by atoms with Gasteiger partial charge in [0.15, 0.2) is 0 Å². The first kappa shape index (κ1) is 21.4. The van der Waals surface area contributed by atoms with Crippen molar-refractivity contribution in [3.05, 3.63) is 77.2 Å². The van der Waals surface area contributed by atoms with Gasteiger partial charge in [-0.05, 0) is 35.4 Å². The van der Waals surface area contributed by atoms with Crippen molar-refractivity contribution in [1.29, 1.82) is 0 Å². The lowest BCUT2D eigenvalue weighted by atomic mass is 10.0. The summed E-state index contributed by atoms with van der Waals surface area (Å²) in [6.45, 7) is 3.32. The number of rotatable bonds is 8. The molecule has 0 aliphatic rings. The summed E-state index contributed by atoms with van der Waals surface area (Å²) in [5, 5.41) is 9.08. The van der Waals surface area contributed by atoms with Crippen molar-refractivity contribution in [2.75, 3.05) is 18.4 Å². The highest BCUT2D eigenvalue weighted by molar-refractivity contribution is 6.37. The van der Waals surface area contributed by atoms with E-state index in [1.807, 2.05) is 24.3 Å². The molecular formula is C22H22ClN5O2. The molecule has 3 aromatic rings. The summed E-state index contributed by atoms with van der Waals surface area (Å²) in [7, 11) is 0. The van der Waals surface area contributed by atoms with Crippen molar-refractivity contribution >= 4 is 29.2 Å². The van der Waals surface area contributed by atoms with Crippen LogP contribution in [0.3, 0.4) is 0 Å². The van der Waals surface area contributed by atoms with Gasteiger partial charge in [0, 0.05) is 50.7 Å². The lowest BCUT2D eigenvalue weighted by molar-refractivity contribution is -0.118. The minimum absolute atomic E-state index is 0.0509. The fourth-order valence-corrected chi connectivity index (χ4v) is 3.13. The molecule has 2 amide bonds. The Morgan fingerprint density at radius 3 is 2.53 bits per heavy atom. The molecule has 0 fully saturated rings. The van der Waals surface area contributed by atoms with Crippen LogP contribution in [-0.2, 0) is 11.3 Å². The van der Waals surface area contributed by atoms with Gasteiger partial charge in [-0.15, -0.1) is 0 Å². The van der Waals surface area contributed by atoms with Crippen LogP contribution in [0.5, 0.6) is 0 Å². The standard InChI is InChI=1S/C22H22ClN5O2/c1-15(29)26-12-11-25-13-16-5-6-20(27-14-16)28-22(30)19-4-2-3-18(21(19)23)17-7-9-24-10-8-17/h2-10,14,25H,11-13H2,1H3,(H,26,29)(H,27,28,30). The number of carbonyl (C=O) groups excluding carboxylic acids is 2. The molecule has 0 aliphatic carbocycles. The lowest BCUT2D eigenvalue weighted by Crippen LogP contribution is -2.29. The van der Waals surface area contributed by atoms with Crippen molar-refractivity contribution in [3.63, 3.8) is 0 Å².